The number of pyridine rings is 1. The zero-order valence-electron chi connectivity index (χ0n) is 9.11. The largest absolute Gasteiger partial charge is 0.469 e. The number of carbonyl (C=O) groups excluding carboxylic acids is 1. The number of hydrogen-bond acceptors (Lipinski definition) is 5. The van der Waals surface area contributed by atoms with Crippen LogP contribution in [-0.4, -0.2) is 23.0 Å². The lowest BCUT2D eigenvalue weighted by Gasteiger charge is -2.05. The van der Waals surface area contributed by atoms with Crippen LogP contribution in [0, 0.1) is 10.1 Å². The van der Waals surface area contributed by atoms with Crippen molar-refractivity contribution in [2.45, 2.75) is 12.8 Å². The molecule has 1 heterocycles. The van der Waals surface area contributed by atoms with Gasteiger partial charge in [-0.15, -0.1) is 0 Å². The van der Waals surface area contributed by atoms with Gasteiger partial charge in [-0.1, -0.05) is 0 Å². The highest BCUT2D eigenvalue weighted by Gasteiger charge is 2.30. The van der Waals surface area contributed by atoms with Crippen molar-refractivity contribution < 1.29 is 23.2 Å². The van der Waals surface area contributed by atoms with Gasteiger partial charge in [0.1, 0.15) is 0 Å². The van der Waals surface area contributed by atoms with Crippen molar-refractivity contribution in [3.8, 4) is 0 Å². The zero-order valence-corrected chi connectivity index (χ0v) is 9.11. The maximum atomic E-state index is 12.6. The first-order valence-electron chi connectivity index (χ1n) is 4.62. The summed E-state index contributed by atoms with van der Waals surface area (Å²) < 4.78 is 29.5. The number of halogens is 2. The Hall–Kier alpha value is -2.32. The van der Waals surface area contributed by atoms with E-state index in [1.165, 1.54) is 0 Å². The van der Waals surface area contributed by atoms with Crippen LogP contribution in [0.1, 0.15) is 17.6 Å². The fourth-order valence-corrected chi connectivity index (χ4v) is 1.36. The molecule has 0 fully saturated rings. The van der Waals surface area contributed by atoms with E-state index in [0.29, 0.717) is 0 Å². The minimum absolute atomic E-state index is 0.332. The summed E-state index contributed by atoms with van der Waals surface area (Å²) in [5.74, 6) is -0.842. The quantitative estimate of drug-likeness (QED) is 0.494. The Morgan fingerprint density at radius 3 is 2.67 bits per heavy atom. The number of ether oxygens (including phenoxy) is 1. The first kappa shape index (κ1) is 13.7. The number of carbonyl (C=O) groups is 1. The molecule has 1 aromatic rings. The lowest BCUT2D eigenvalue weighted by molar-refractivity contribution is -0.387. The predicted molar refractivity (Wildman–Crippen MR) is 54.4 cm³/mol. The normalized spacial score (nSPS) is 10.4. The summed E-state index contributed by atoms with van der Waals surface area (Å²) >= 11 is 0. The molecule has 1 aromatic heterocycles. The summed E-state index contributed by atoms with van der Waals surface area (Å²) in [5.41, 5.74) is -3.91. The highest BCUT2D eigenvalue weighted by atomic mass is 19.3. The molecule has 1 rings (SSSR count). The summed E-state index contributed by atoms with van der Waals surface area (Å²) in [5, 5.41) is 10.7. The number of nitrogens with zero attached hydrogens (tertiary/aromatic N) is 1. The van der Waals surface area contributed by atoms with E-state index in [0.717, 1.165) is 13.3 Å². The molecule has 0 radical (unpaired) electrons. The smallest absolute Gasteiger partial charge is 0.310 e. The van der Waals surface area contributed by atoms with Crippen molar-refractivity contribution in [2.75, 3.05) is 7.11 Å². The highest BCUT2D eigenvalue weighted by molar-refractivity contribution is 5.74. The summed E-state index contributed by atoms with van der Waals surface area (Å²) in [6.07, 6.45) is -3.04. The molecule has 0 aliphatic rings. The van der Waals surface area contributed by atoms with Crippen molar-refractivity contribution >= 4 is 11.7 Å². The molecule has 0 bridgehead atoms. The predicted octanol–water partition coefficient (Wildman–Crippen LogP) is 0.936. The molecule has 0 saturated heterocycles. The summed E-state index contributed by atoms with van der Waals surface area (Å²) in [7, 11) is 1.05. The van der Waals surface area contributed by atoms with Gasteiger partial charge < -0.3 is 9.72 Å². The number of rotatable bonds is 4. The van der Waals surface area contributed by atoms with Crippen LogP contribution in [0.15, 0.2) is 11.0 Å². The highest BCUT2D eigenvalue weighted by Crippen LogP contribution is 2.28. The van der Waals surface area contributed by atoms with E-state index in [4.69, 9.17) is 0 Å². The Morgan fingerprint density at radius 2 is 2.22 bits per heavy atom. The van der Waals surface area contributed by atoms with E-state index in [1.54, 1.807) is 0 Å². The van der Waals surface area contributed by atoms with Crippen LogP contribution < -0.4 is 5.56 Å². The molecule has 0 unspecified atom stereocenters. The zero-order chi connectivity index (χ0) is 13.9. The second-order valence-electron chi connectivity index (χ2n) is 3.22. The Kier molecular flexibility index (Phi) is 4.08. The number of methoxy groups -OCH3 is 1. The first-order chi connectivity index (χ1) is 8.38. The Labute approximate surface area is 98.5 Å². The first-order valence-corrected chi connectivity index (χ1v) is 4.62. The number of nitrogens with one attached hydrogen (secondary N) is 1. The van der Waals surface area contributed by atoms with Gasteiger partial charge in [0.25, 0.3) is 17.7 Å². The number of H-pyrrole nitrogens is 1. The maximum absolute atomic E-state index is 12.6. The number of aromatic nitrogens is 1. The van der Waals surface area contributed by atoms with Crippen molar-refractivity contribution in [1.29, 1.82) is 0 Å². The van der Waals surface area contributed by atoms with Crippen LogP contribution in [0.25, 0.3) is 0 Å². The van der Waals surface area contributed by atoms with Crippen LogP contribution in [0.2, 0.25) is 0 Å². The van der Waals surface area contributed by atoms with Crippen LogP contribution >= 0.6 is 0 Å². The molecule has 0 aliphatic carbocycles. The van der Waals surface area contributed by atoms with Gasteiger partial charge in [0.15, 0.2) is 5.56 Å². The molecule has 98 valence electrons. The van der Waals surface area contributed by atoms with Crippen LogP contribution in [0.4, 0.5) is 14.5 Å². The van der Waals surface area contributed by atoms with Gasteiger partial charge in [0, 0.05) is 6.20 Å². The van der Waals surface area contributed by atoms with Gasteiger partial charge in [0.05, 0.1) is 24.0 Å². The standard InChI is InChI=1S/C9H8F2N2O5/c1-18-5(14)2-4-3-12-9(15)6(8(10)11)7(4)13(16)17/h3,8H,2H2,1H3,(H,12,15). The van der Waals surface area contributed by atoms with E-state index in [2.05, 4.69) is 4.74 Å². The number of nitro groups is 1. The summed E-state index contributed by atoms with van der Waals surface area (Å²) in [6.45, 7) is 0. The van der Waals surface area contributed by atoms with Gasteiger partial charge in [-0.25, -0.2) is 8.78 Å². The Bertz CT molecular complexity index is 540. The van der Waals surface area contributed by atoms with E-state index >= 15 is 0 Å². The molecule has 1 N–H and O–H groups in total. The van der Waals surface area contributed by atoms with Crippen LogP contribution in [0.3, 0.4) is 0 Å². The number of alkyl halides is 2. The number of hydrogen-bond donors (Lipinski definition) is 1. The monoisotopic (exact) mass is 262 g/mol. The number of esters is 1. The van der Waals surface area contributed by atoms with Crippen molar-refractivity contribution in [3.63, 3.8) is 0 Å². The van der Waals surface area contributed by atoms with Crippen molar-refractivity contribution in [2.24, 2.45) is 0 Å². The van der Waals surface area contributed by atoms with E-state index in [9.17, 15) is 28.5 Å². The summed E-state index contributed by atoms with van der Waals surface area (Å²) in [4.78, 5) is 33.7. The Morgan fingerprint density at radius 1 is 1.61 bits per heavy atom. The van der Waals surface area contributed by atoms with E-state index in [-0.39, 0.29) is 5.56 Å². The third-order valence-electron chi connectivity index (χ3n) is 2.14. The molecule has 0 spiro atoms. The minimum Gasteiger partial charge on any atom is -0.469 e. The molecular weight excluding hydrogens is 254 g/mol. The van der Waals surface area contributed by atoms with Crippen molar-refractivity contribution in [3.05, 3.63) is 37.8 Å². The fourth-order valence-electron chi connectivity index (χ4n) is 1.36. The third-order valence-corrected chi connectivity index (χ3v) is 2.14. The van der Waals surface area contributed by atoms with Gasteiger partial charge in [-0.3, -0.25) is 19.7 Å². The molecule has 0 atom stereocenters. The second-order valence-corrected chi connectivity index (χ2v) is 3.22. The average Bonchev–Trinajstić information content (AvgIpc) is 2.29. The van der Waals surface area contributed by atoms with Gasteiger partial charge in [-0.2, -0.15) is 0 Å². The minimum atomic E-state index is -3.31. The summed E-state index contributed by atoms with van der Waals surface area (Å²) in [6, 6.07) is 0. The molecule has 0 saturated carbocycles. The molecule has 7 nitrogen and oxygen atoms in total. The SMILES string of the molecule is COC(=O)Cc1c[nH]c(=O)c(C(F)F)c1[N+](=O)[O-]. The lowest BCUT2D eigenvalue weighted by Crippen LogP contribution is -2.18. The second kappa shape index (κ2) is 5.34. The maximum Gasteiger partial charge on any atom is 0.310 e. The third kappa shape index (κ3) is 2.67. The molecule has 0 aliphatic heterocycles. The molecule has 0 aromatic carbocycles. The molecular formula is C9H8F2N2O5. The number of aromatic amines is 1. The van der Waals surface area contributed by atoms with Gasteiger partial charge in [0.2, 0.25) is 0 Å². The molecule has 9 heteroatoms. The average molecular weight is 262 g/mol. The lowest BCUT2D eigenvalue weighted by atomic mass is 10.1. The fraction of sp³-hybridized carbons (Fsp3) is 0.333. The van der Waals surface area contributed by atoms with Crippen LogP contribution in [0.5, 0.6) is 0 Å². The van der Waals surface area contributed by atoms with Gasteiger partial charge in [-0.05, 0) is 0 Å². The molecule has 18 heavy (non-hydrogen) atoms. The van der Waals surface area contributed by atoms with Crippen molar-refractivity contribution in [1.82, 2.24) is 4.98 Å². The molecule has 0 amide bonds. The Balaban J connectivity index is 3.44. The van der Waals surface area contributed by atoms with Gasteiger partial charge >= 0.3 is 5.97 Å². The van der Waals surface area contributed by atoms with Crippen LogP contribution in [-0.2, 0) is 16.0 Å². The van der Waals surface area contributed by atoms with E-state index in [1.807, 2.05) is 4.98 Å². The van der Waals surface area contributed by atoms with E-state index < -0.39 is 40.5 Å². The topological polar surface area (TPSA) is 102 Å².